The van der Waals surface area contributed by atoms with Crippen LogP contribution in [0, 0.1) is 5.82 Å². The van der Waals surface area contributed by atoms with Crippen molar-refractivity contribution in [2.24, 2.45) is 5.10 Å². The van der Waals surface area contributed by atoms with Crippen molar-refractivity contribution in [3.05, 3.63) is 72.1 Å². The van der Waals surface area contributed by atoms with Gasteiger partial charge >= 0.3 is 0 Å². The van der Waals surface area contributed by atoms with Crippen molar-refractivity contribution >= 4 is 18.2 Å². The van der Waals surface area contributed by atoms with Crippen LogP contribution in [0.3, 0.4) is 0 Å². The van der Waals surface area contributed by atoms with Crippen molar-refractivity contribution in [2.45, 2.75) is 0 Å². The molecular weight excluding hydrogens is 283 g/mol. The molecule has 2 aromatic carbocycles. The molecule has 1 N–H and O–H groups in total. The minimum Gasteiger partial charge on any atom is -0.484 e. The van der Waals surface area contributed by atoms with Crippen LogP contribution in [0.4, 0.5) is 4.39 Å². The van der Waals surface area contributed by atoms with Gasteiger partial charge in [0.2, 0.25) is 0 Å². The van der Waals surface area contributed by atoms with E-state index in [1.54, 1.807) is 12.1 Å². The first-order valence-corrected chi connectivity index (χ1v) is 6.66. The first-order valence-electron chi connectivity index (χ1n) is 6.66. The Morgan fingerprint density at radius 1 is 1.18 bits per heavy atom. The summed E-state index contributed by atoms with van der Waals surface area (Å²) in [7, 11) is 0. The lowest BCUT2D eigenvalue weighted by atomic mass is 10.2. The maximum Gasteiger partial charge on any atom is 0.277 e. The zero-order valence-corrected chi connectivity index (χ0v) is 11.8. The van der Waals surface area contributed by atoms with Crippen LogP contribution < -0.4 is 10.2 Å². The molecule has 0 aromatic heterocycles. The number of hydrogen-bond donors (Lipinski definition) is 1. The van der Waals surface area contributed by atoms with Crippen molar-refractivity contribution in [1.29, 1.82) is 0 Å². The van der Waals surface area contributed by atoms with Crippen molar-refractivity contribution < 1.29 is 13.9 Å². The van der Waals surface area contributed by atoms with Crippen molar-refractivity contribution in [1.82, 2.24) is 5.43 Å². The average Bonchev–Trinajstić information content (AvgIpc) is 2.54. The van der Waals surface area contributed by atoms with E-state index < -0.39 is 11.7 Å². The fourth-order valence-corrected chi connectivity index (χ4v) is 1.61. The minimum absolute atomic E-state index is 0.233. The molecule has 0 saturated carbocycles. The number of allylic oxidation sites excluding steroid dienone is 1. The number of nitrogens with zero attached hydrogens (tertiary/aromatic N) is 1. The first-order chi connectivity index (χ1) is 10.7. The van der Waals surface area contributed by atoms with Gasteiger partial charge in [0.15, 0.2) is 6.61 Å². The van der Waals surface area contributed by atoms with Gasteiger partial charge in [-0.1, -0.05) is 42.5 Å². The van der Waals surface area contributed by atoms with Crippen molar-refractivity contribution in [2.75, 3.05) is 6.61 Å². The van der Waals surface area contributed by atoms with Crippen molar-refractivity contribution in [3.63, 3.8) is 0 Å². The van der Waals surface area contributed by atoms with Gasteiger partial charge in [-0.15, -0.1) is 0 Å². The molecule has 0 aliphatic rings. The zero-order valence-electron chi connectivity index (χ0n) is 11.8. The van der Waals surface area contributed by atoms with Gasteiger partial charge in [-0.05, 0) is 23.8 Å². The number of carbonyl (C=O) groups is 1. The van der Waals surface area contributed by atoms with Crippen LogP contribution in [0.25, 0.3) is 6.08 Å². The monoisotopic (exact) mass is 298 g/mol. The molecule has 0 fully saturated rings. The van der Waals surface area contributed by atoms with Gasteiger partial charge in [0.25, 0.3) is 5.91 Å². The molecule has 0 unspecified atom stereocenters. The Labute approximate surface area is 127 Å². The molecule has 4 nitrogen and oxygen atoms in total. The van der Waals surface area contributed by atoms with Gasteiger partial charge < -0.3 is 4.74 Å². The number of carbonyl (C=O) groups excluding carboxylic acids is 1. The Morgan fingerprint density at radius 3 is 2.77 bits per heavy atom. The second-order valence-corrected chi connectivity index (χ2v) is 4.33. The number of amides is 1. The topological polar surface area (TPSA) is 50.7 Å². The zero-order chi connectivity index (χ0) is 15.6. The van der Waals surface area contributed by atoms with Gasteiger partial charge in [-0.3, -0.25) is 4.79 Å². The van der Waals surface area contributed by atoms with Gasteiger partial charge in [0.1, 0.15) is 11.6 Å². The number of nitrogens with one attached hydrogen (secondary N) is 1. The molecule has 5 heteroatoms. The van der Waals surface area contributed by atoms with Crippen LogP contribution in [0.5, 0.6) is 5.75 Å². The van der Waals surface area contributed by atoms with E-state index in [4.69, 9.17) is 4.74 Å². The largest absolute Gasteiger partial charge is 0.484 e. The SMILES string of the molecule is O=C(COc1cccc(F)c1)N/N=C\C=C\c1ccccc1. The quantitative estimate of drug-likeness (QED) is 0.658. The van der Waals surface area contributed by atoms with E-state index in [0.29, 0.717) is 5.75 Å². The van der Waals surface area contributed by atoms with E-state index >= 15 is 0 Å². The molecule has 0 spiro atoms. The first kappa shape index (κ1) is 15.4. The van der Waals surface area contributed by atoms with Gasteiger partial charge in [-0.25, -0.2) is 9.82 Å². The number of benzene rings is 2. The normalized spacial score (nSPS) is 11.0. The summed E-state index contributed by atoms with van der Waals surface area (Å²) in [5.74, 6) is -0.543. The minimum atomic E-state index is -0.423. The summed E-state index contributed by atoms with van der Waals surface area (Å²) in [5, 5.41) is 3.75. The molecule has 1 amide bonds. The predicted octanol–water partition coefficient (Wildman–Crippen LogP) is 3.02. The predicted molar refractivity (Wildman–Crippen MR) is 84.0 cm³/mol. The van der Waals surface area contributed by atoms with E-state index in [0.717, 1.165) is 5.56 Å². The molecule has 112 valence electrons. The Bertz CT molecular complexity index is 669. The standard InChI is InChI=1S/C17H15FN2O2/c18-15-9-4-10-16(12-15)22-13-17(21)20-19-11-5-8-14-6-2-1-3-7-14/h1-12H,13H2,(H,20,21)/b8-5+,19-11-. The smallest absolute Gasteiger partial charge is 0.277 e. The van der Waals surface area contributed by atoms with E-state index in [1.165, 1.54) is 24.4 Å². The highest BCUT2D eigenvalue weighted by Gasteiger charge is 2.01. The summed E-state index contributed by atoms with van der Waals surface area (Å²) >= 11 is 0. The fraction of sp³-hybridized carbons (Fsp3) is 0.0588. The van der Waals surface area contributed by atoms with E-state index in [9.17, 15) is 9.18 Å². The molecule has 0 aliphatic heterocycles. The van der Waals surface area contributed by atoms with E-state index in [-0.39, 0.29) is 6.61 Å². The number of hydrogen-bond acceptors (Lipinski definition) is 3. The lowest BCUT2D eigenvalue weighted by molar-refractivity contribution is -0.123. The number of ether oxygens (including phenoxy) is 1. The molecule has 0 saturated heterocycles. The van der Waals surface area contributed by atoms with E-state index in [1.807, 2.05) is 36.4 Å². The number of rotatable bonds is 6. The lowest BCUT2D eigenvalue weighted by Crippen LogP contribution is -2.24. The number of hydrazone groups is 1. The molecule has 22 heavy (non-hydrogen) atoms. The highest BCUT2D eigenvalue weighted by atomic mass is 19.1. The Kier molecular flexibility index (Phi) is 5.87. The molecule has 2 aromatic rings. The number of halogens is 1. The molecule has 0 heterocycles. The molecule has 0 radical (unpaired) electrons. The molecule has 0 aliphatic carbocycles. The van der Waals surface area contributed by atoms with Crippen LogP contribution in [-0.2, 0) is 4.79 Å². The Morgan fingerprint density at radius 2 is 2.00 bits per heavy atom. The third-order valence-electron chi connectivity index (χ3n) is 2.60. The summed E-state index contributed by atoms with van der Waals surface area (Å²) in [6.07, 6.45) is 5.04. The molecule has 2 rings (SSSR count). The third kappa shape index (κ3) is 5.58. The third-order valence-corrected chi connectivity index (χ3v) is 2.60. The second-order valence-electron chi connectivity index (χ2n) is 4.33. The summed E-state index contributed by atoms with van der Waals surface area (Å²) < 4.78 is 18.0. The van der Waals surface area contributed by atoms with Crippen molar-refractivity contribution in [3.8, 4) is 5.75 Å². The summed E-state index contributed by atoms with van der Waals surface area (Å²) in [4.78, 5) is 11.5. The van der Waals surface area contributed by atoms with Crippen LogP contribution >= 0.6 is 0 Å². The van der Waals surface area contributed by atoms with E-state index in [2.05, 4.69) is 10.5 Å². The molecule has 0 bridgehead atoms. The highest BCUT2D eigenvalue weighted by Crippen LogP contribution is 2.11. The van der Waals surface area contributed by atoms with Crippen LogP contribution in [0.2, 0.25) is 0 Å². The average molecular weight is 298 g/mol. The Balaban J connectivity index is 1.71. The Hall–Kier alpha value is -2.95. The maximum atomic E-state index is 12.9. The van der Waals surface area contributed by atoms with Gasteiger partial charge in [-0.2, -0.15) is 5.10 Å². The lowest BCUT2D eigenvalue weighted by Gasteiger charge is -2.04. The molecule has 0 atom stereocenters. The summed E-state index contributed by atoms with van der Waals surface area (Å²) in [6, 6.07) is 15.3. The highest BCUT2D eigenvalue weighted by molar-refractivity contribution is 5.81. The second kappa shape index (κ2) is 8.36. The summed E-state index contributed by atoms with van der Waals surface area (Å²) in [6.45, 7) is -0.233. The van der Waals surface area contributed by atoms with Crippen LogP contribution in [0.1, 0.15) is 5.56 Å². The van der Waals surface area contributed by atoms with Gasteiger partial charge in [0, 0.05) is 12.3 Å². The van der Waals surface area contributed by atoms with Crippen LogP contribution in [0.15, 0.2) is 65.8 Å². The maximum absolute atomic E-state index is 12.9. The molecular formula is C17H15FN2O2. The summed E-state index contributed by atoms with van der Waals surface area (Å²) in [5.41, 5.74) is 3.35. The van der Waals surface area contributed by atoms with Gasteiger partial charge in [0.05, 0.1) is 0 Å². The fourth-order valence-electron chi connectivity index (χ4n) is 1.61. The van der Waals surface area contributed by atoms with Crippen LogP contribution in [-0.4, -0.2) is 18.7 Å².